The number of aromatic nitrogens is 3. The first-order chi connectivity index (χ1) is 11.7. The minimum absolute atomic E-state index is 0.108. The predicted octanol–water partition coefficient (Wildman–Crippen LogP) is -3.16. The predicted molar refractivity (Wildman–Crippen MR) is 91.7 cm³/mol. The molecular formula is C13H25N7O5. The fraction of sp³-hybridized carbons (Fsp3) is 0.692. The standard InChI is InChI=1S/C13H25N7O5/c1-19(2)12-15-11(16-13(17-12)20(3)4)18-14-5-7(22)9(24)10(25)8(23)6-21/h5,7-10,21-25H,6H2,1-4H3,(H,15,16,17,18)/b14-5-/t7-,8+,9-,10+/m0/s1. The molecule has 0 amide bonds. The van der Waals surface area contributed by atoms with Gasteiger partial charge in [-0.25, -0.2) is 5.43 Å². The lowest BCUT2D eigenvalue weighted by Crippen LogP contribution is -2.46. The van der Waals surface area contributed by atoms with Gasteiger partial charge >= 0.3 is 0 Å². The molecule has 142 valence electrons. The third kappa shape index (κ3) is 6.03. The number of aliphatic hydroxyl groups excluding tert-OH is 5. The zero-order chi connectivity index (χ0) is 19.1. The van der Waals surface area contributed by atoms with Gasteiger partial charge in [-0.2, -0.15) is 20.1 Å². The van der Waals surface area contributed by atoms with Gasteiger partial charge in [0.1, 0.15) is 24.4 Å². The maximum absolute atomic E-state index is 9.73. The molecule has 0 spiro atoms. The lowest BCUT2D eigenvalue weighted by Gasteiger charge is -2.23. The van der Waals surface area contributed by atoms with Gasteiger partial charge in [-0.15, -0.1) is 0 Å². The van der Waals surface area contributed by atoms with Gasteiger partial charge in [0.15, 0.2) is 0 Å². The van der Waals surface area contributed by atoms with E-state index >= 15 is 0 Å². The number of hydrogen-bond acceptors (Lipinski definition) is 12. The van der Waals surface area contributed by atoms with Crippen LogP contribution in [0.2, 0.25) is 0 Å². The van der Waals surface area contributed by atoms with Crippen LogP contribution in [-0.4, -0.2) is 106 Å². The first-order valence-corrected chi connectivity index (χ1v) is 7.40. The number of rotatable bonds is 9. The van der Waals surface area contributed by atoms with Crippen molar-refractivity contribution in [2.75, 3.05) is 50.0 Å². The van der Waals surface area contributed by atoms with E-state index in [9.17, 15) is 20.4 Å². The van der Waals surface area contributed by atoms with Crippen LogP contribution in [0.3, 0.4) is 0 Å². The van der Waals surface area contributed by atoms with Crippen LogP contribution < -0.4 is 15.2 Å². The van der Waals surface area contributed by atoms with Gasteiger partial charge in [-0.1, -0.05) is 0 Å². The monoisotopic (exact) mass is 359 g/mol. The van der Waals surface area contributed by atoms with E-state index in [0.29, 0.717) is 11.9 Å². The molecule has 0 aliphatic heterocycles. The zero-order valence-corrected chi connectivity index (χ0v) is 14.5. The van der Waals surface area contributed by atoms with Crippen molar-refractivity contribution in [1.82, 2.24) is 15.0 Å². The molecular weight excluding hydrogens is 334 g/mol. The van der Waals surface area contributed by atoms with E-state index in [1.807, 2.05) is 0 Å². The van der Waals surface area contributed by atoms with Gasteiger partial charge in [0.05, 0.1) is 12.8 Å². The minimum Gasteiger partial charge on any atom is -0.394 e. The highest BCUT2D eigenvalue weighted by atomic mass is 16.4. The Morgan fingerprint density at radius 3 is 1.92 bits per heavy atom. The second-order valence-electron chi connectivity index (χ2n) is 5.66. The normalized spacial score (nSPS) is 16.4. The number of aliphatic hydroxyl groups is 5. The molecule has 0 aromatic carbocycles. The van der Waals surface area contributed by atoms with Crippen LogP contribution in [0.25, 0.3) is 0 Å². The summed E-state index contributed by atoms with van der Waals surface area (Å²) in [6.07, 6.45) is -5.73. The average molecular weight is 359 g/mol. The number of hydrazone groups is 1. The third-order valence-corrected chi connectivity index (χ3v) is 3.08. The minimum atomic E-state index is -1.74. The van der Waals surface area contributed by atoms with Gasteiger partial charge in [-0.3, -0.25) is 0 Å². The van der Waals surface area contributed by atoms with Gasteiger partial charge in [-0.05, 0) is 0 Å². The van der Waals surface area contributed by atoms with Crippen LogP contribution >= 0.6 is 0 Å². The summed E-state index contributed by atoms with van der Waals surface area (Å²) in [5.41, 5.74) is 2.49. The van der Waals surface area contributed by atoms with E-state index in [-0.39, 0.29) is 5.95 Å². The Bertz CT molecular complexity index is 545. The maximum atomic E-state index is 9.73. The van der Waals surface area contributed by atoms with Crippen LogP contribution in [0.1, 0.15) is 0 Å². The van der Waals surface area contributed by atoms with Crippen LogP contribution in [0, 0.1) is 0 Å². The van der Waals surface area contributed by atoms with E-state index in [4.69, 9.17) is 5.11 Å². The van der Waals surface area contributed by atoms with Crippen molar-refractivity contribution in [3.05, 3.63) is 0 Å². The molecule has 1 aromatic heterocycles. The van der Waals surface area contributed by atoms with E-state index in [0.717, 1.165) is 6.21 Å². The fourth-order valence-corrected chi connectivity index (χ4v) is 1.60. The van der Waals surface area contributed by atoms with Crippen molar-refractivity contribution in [2.45, 2.75) is 24.4 Å². The third-order valence-electron chi connectivity index (χ3n) is 3.08. The molecule has 6 N–H and O–H groups in total. The van der Waals surface area contributed by atoms with Gasteiger partial charge in [0, 0.05) is 28.2 Å². The Kier molecular flexibility index (Phi) is 7.86. The van der Waals surface area contributed by atoms with Crippen molar-refractivity contribution in [1.29, 1.82) is 0 Å². The van der Waals surface area contributed by atoms with Crippen LogP contribution in [0.4, 0.5) is 17.8 Å². The second-order valence-corrected chi connectivity index (χ2v) is 5.66. The first-order valence-electron chi connectivity index (χ1n) is 7.40. The highest BCUT2D eigenvalue weighted by Crippen LogP contribution is 2.13. The topological polar surface area (TPSA) is 171 Å². The maximum Gasteiger partial charge on any atom is 0.250 e. The number of nitrogens with one attached hydrogen (secondary N) is 1. The SMILES string of the molecule is CN(C)c1nc(N/N=C\[C@H](O)[C@H](O)[C@H](O)[C@H](O)CO)nc(N(C)C)n1. The summed E-state index contributed by atoms with van der Waals surface area (Å²) in [5, 5.41) is 50.6. The summed E-state index contributed by atoms with van der Waals surface area (Å²) in [5.74, 6) is 0.883. The molecule has 25 heavy (non-hydrogen) atoms. The Balaban J connectivity index is 2.81. The molecule has 0 aliphatic rings. The molecule has 1 rings (SSSR count). The Hall–Kier alpha value is -2.12. The fourth-order valence-electron chi connectivity index (χ4n) is 1.60. The summed E-state index contributed by atoms with van der Waals surface area (Å²) < 4.78 is 0. The summed E-state index contributed by atoms with van der Waals surface area (Å²) in [7, 11) is 7.04. The molecule has 0 fully saturated rings. The molecule has 1 aromatic rings. The van der Waals surface area contributed by atoms with Crippen LogP contribution in [-0.2, 0) is 0 Å². The molecule has 1 heterocycles. The lowest BCUT2D eigenvalue weighted by molar-refractivity contribution is -0.0999. The Morgan fingerprint density at radius 2 is 1.48 bits per heavy atom. The summed E-state index contributed by atoms with van der Waals surface area (Å²) in [6, 6.07) is 0. The second kappa shape index (κ2) is 9.39. The smallest absolute Gasteiger partial charge is 0.250 e. The van der Waals surface area contributed by atoms with Gasteiger partial charge < -0.3 is 35.3 Å². The van der Waals surface area contributed by atoms with E-state index in [2.05, 4.69) is 25.5 Å². The molecule has 0 saturated heterocycles. The van der Waals surface area contributed by atoms with E-state index in [1.54, 1.807) is 38.0 Å². The number of anilines is 3. The highest BCUT2D eigenvalue weighted by molar-refractivity contribution is 5.64. The van der Waals surface area contributed by atoms with Crippen molar-refractivity contribution in [3.8, 4) is 0 Å². The molecule has 0 aliphatic carbocycles. The highest BCUT2D eigenvalue weighted by Gasteiger charge is 2.29. The summed E-state index contributed by atoms with van der Waals surface area (Å²) >= 11 is 0. The van der Waals surface area contributed by atoms with Crippen molar-refractivity contribution in [2.24, 2.45) is 5.10 Å². The van der Waals surface area contributed by atoms with Gasteiger partial charge in [0.2, 0.25) is 17.8 Å². The lowest BCUT2D eigenvalue weighted by atomic mass is 10.0. The average Bonchev–Trinajstić information content (AvgIpc) is 2.59. The van der Waals surface area contributed by atoms with Crippen molar-refractivity contribution in [3.63, 3.8) is 0 Å². The Morgan fingerprint density at radius 1 is 0.960 bits per heavy atom. The van der Waals surface area contributed by atoms with Crippen LogP contribution in [0.15, 0.2) is 5.10 Å². The van der Waals surface area contributed by atoms with Crippen LogP contribution in [0.5, 0.6) is 0 Å². The molecule has 0 unspecified atom stereocenters. The molecule has 12 heteroatoms. The molecule has 12 nitrogen and oxygen atoms in total. The Labute approximate surface area is 145 Å². The molecule has 4 atom stereocenters. The van der Waals surface area contributed by atoms with E-state index < -0.39 is 31.0 Å². The van der Waals surface area contributed by atoms with Gasteiger partial charge in [0.25, 0.3) is 0 Å². The summed E-state index contributed by atoms with van der Waals surface area (Å²) in [6.45, 7) is -0.758. The van der Waals surface area contributed by atoms with Crippen molar-refractivity contribution >= 4 is 24.1 Å². The largest absolute Gasteiger partial charge is 0.394 e. The van der Waals surface area contributed by atoms with Crippen molar-refractivity contribution < 1.29 is 25.5 Å². The van der Waals surface area contributed by atoms with E-state index in [1.165, 1.54) is 0 Å². The quantitative estimate of drug-likeness (QED) is 0.194. The first kappa shape index (κ1) is 20.9. The molecule has 0 radical (unpaired) electrons. The summed E-state index contributed by atoms with van der Waals surface area (Å²) in [4.78, 5) is 15.8. The number of nitrogens with zero attached hydrogens (tertiary/aromatic N) is 6. The molecule has 0 bridgehead atoms. The molecule has 0 saturated carbocycles. The number of hydrogen-bond donors (Lipinski definition) is 6. The zero-order valence-electron chi connectivity index (χ0n) is 14.5.